The predicted molar refractivity (Wildman–Crippen MR) is 73.8 cm³/mol. The molecule has 1 saturated carbocycles. The van der Waals surface area contributed by atoms with Crippen molar-refractivity contribution < 1.29 is 4.79 Å². The van der Waals surface area contributed by atoms with Crippen LogP contribution in [0.4, 0.5) is 5.69 Å². The van der Waals surface area contributed by atoms with Gasteiger partial charge < -0.3 is 16.8 Å². The highest BCUT2D eigenvalue weighted by molar-refractivity contribution is 6.34. The zero-order valence-corrected chi connectivity index (χ0v) is 11.0. The van der Waals surface area contributed by atoms with Crippen molar-refractivity contribution in [1.29, 1.82) is 0 Å². The molecule has 18 heavy (non-hydrogen) atoms. The number of carbonyl (C=O) groups excluding carboxylic acids is 1. The summed E-state index contributed by atoms with van der Waals surface area (Å²) in [7, 11) is 0. The lowest BCUT2D eigenvalue weighted by Crippen LogP contribution is -2.43. The maximum absolute atomic E-state index is 11.5. The van der Waals surface area contributed by atoms with Crippen LogP contribution in [0.3, 0.4) is 0 Å². The predicted octanol–water partition coefficient (Wildman–Crippen LogP) is 2.12. The molecule has 1 fully saturated rings. The second-order valence-corrected chi connectivity index (χ2v) is 5.25. The first-order valence-corrected chi connectivity index (χ1v) is 6.52. The number of benzene rings is 1. The number of nitrogens with two attached hydrogens (primary N) is 2. The van der Waals surface area contributed by atoms with Gasteiger partial charge in [0.25, 0.3) is 5.91 Å². The van der Waals surface area contributed by atoms with Gasteiger partial charge in [0.2, 0.25) is 0 Å². The fourth-order valence-electron chi connectivity index (χ4n) is 2.60. The van der Waals surface area contributed by atoms with Crippen LogP contribution in [-0.4, -0.2) is 18.0 Å². The second kappa shape index (κ2) is 5.16. The summed E-state index contributed by atoms with van der Waals surface area (Å²) in [5.41, 5.74) is 12.1. The quantitative estimate of drug-likeness (QED) is 0.782. The Kier molecular flexibility index (Phi) is 3.78. The summed E-state index contributed by atoms with van der Waals surface area (Å²) in [5.74, 6) is -0.520. The monoisotopic (exact) mass is 267 g/mol. The van der Waals surface area contributed by atoms with Gasteiger partial charge in [0.15, 0.2) is 0 Å². The number of rotatable bonds is 4. The van der Waals surface area contributed by atoms with Crippen LogP contribution in [0.5, 0.6) is 0 Å². The summed E-state index contributed by atoms with van der Waals surface area (Å²) >= 11 is 6.03. The van der Waals surface area contributed by atoms with Crippen molar-refractivity contribution in [2.45, 2.75) is 31.2 Å². The molecule has 1 aromatic carbocycles. The lowest BCUT2D eigenvalue weighted by atomic mass is 9.96. The average molecular weight is 268 g/mol. The standard InChI is InChI=1S/C13H18ClN3O/c14-9-4-3-5-10(11(9)12(16)18)17-13(8-15)6-1-2-7-13/h3-5,17H,1-2,6-8,15H2,(H2,16,18). The molecule has 1 amide bonds. The van der Waals surface area contributed by atoms with Gasteiger partial charge in [0.1, 0.15) is 0 Å². The smallest absolute Gasteiger partial charge is 0.252 e. The van der Waals surface area contributed by atoms with Crippen LogP contribution in [0.1, 0.15) is 36.0 Å². The maximum Gasteiger partial charge on any atom is 0.252 e. The fourth-order valence-corrected chi connectivity index (χ4v) is 2.86. The van der Waals surface area contributed by atoms with Crippen LogP contribution >= 0.6 is 11.6 Å². The molecule has 0 aliphatic heterocycles. The Labute approximate surface area is 112 Å². The fraction of sp³-hybridized carbons (Fsp3) is 0.462. The van der Waals surface area contributed by atoms with Crippen molar-refractivity contribution in [3.63, 3.8) is 0 Å². The van der Waals surface area contributed by atoms with Gasteiger partial charge in [-0.05, 0) is 25.0 Å². The highest BCUT2D eigenvalue weighted by Crippen LogP contribution is 2.34. The first-order chi connectivity index (χ1) is 8.58. The zero-order valence-electron chi connectivity index (χ0n) is 10.2. The minimum absolute atomic E-state index is 0.130. The van der Waals surface area contributed by atoms with Crippen LogP contribution < -0.4 is 16.8 Å². The topological polar surface area (TPSA) is 81.1 Å². The van der Waals surface area contributed by atoms with Gasteiger partial charge >= 0.3 is 0 Å². The lowest BCUT2D eigenvalue weighted by molar-refractivity contribution is 0.100. The molecule has 4 nitrogen and oxygen atoms in total. The zero-order chi connectivity index (χ0) is 13.2. The van der Waals surface area contributed by atoms with Gasteiger partial charge in [-0.1, -0.05) is 30.5 Å². The molecule has 1 aliphatic rings. The molecule has 0 spiro atoms. The number of anilines is 1. The molecular weight excluding hydrogens is 250 g/mol. The number of hydrogen-bond acceptors (Lipinski definition) is 3. The third-order valence-electron chi connectivity index (χ3n) is 3.61. The molecule has 0 radical (unpaired) electrons. The number of carbonyl (C=O) groups is 1. The molecule has 1 aliphatic carbocycles. The van der Waals surface area contributed by atoms with E-state index in [9.17, 15) is 4.79 Å². The third kappa shape index (κ3) is 2.44. The molecule has 5 heteroatoms. The van der Waals surface area contributed by atoms with E-state index in [1.165, 1.54) is 0 Å². The van der Waals surface area contributed by atoms with E-state index in [0.717, 1.165) is 25.7 Å². The minimum atomic E-state index is -0.520. The van der Waals surface area contributed by atoms with Crippen LogP contribution in [0, 0.1) is 0 Å². The molecule has 98 valence electrons. The molecule has 0 heterocycles. The molecule has 2 rings (SSSR count). The van der Waals surface area contributed by atoms with Gasteiger partial charge in [0.05, 0.1) is 10.6 Å². The first kappa shape index (κ1) is 13.2. The average Bonchev–Trinajstić information content (AvgIpc) is 2.78. The summed E-state index contributed by atoms with van der Waals surface area (Å²) < 4.78 is 0. The lowest BCUT2D eigenvalue weighted by Gasteiger charge is -2.31. The maximum atomic E-state index is 11.5. The van der Waals surface area contributed by atoms with E-state index in [0.29, 0.717) is 22.8 Å². The van der Waals surface area contributed by atoms with Gasteiger partial charge in [-0.15, -0.1) is 0 Å². The van der Waals surface area contributed by atoms with E-state index in [1.54, 1.807) is 12.1 Å². The van der Waals surface area contributed by atoms with Crippen molar-refractivity contribution in [3.05, 3.63) is 28.8 Å². The largest absolute Gasteiger partial charge is 0.378 e. The Bertz CT molecular complexity index is 456. The number of amides is 1. The summed E-state index contributed by atoms with van der Waals surface area (Å²) in [5, 5.41) is 3.76. The van der Waals surface area contributed by atoms with Crippen molar-refractivity contribution in [3.8, 4) is 0 Å². The number of nitrogens with one attached hydrogen (secondary N) is 1. The highest BCUT2D eigenvalue weighted by Gasteiger charge is 2.33. The Balaban J connectivity index is 2.34. The number of halogens is 1. The van der Waals surface area contributed by atoms with Crippen LogP contribution in [0.25, 0.3) is 0 Å². The van der Waals surface area contributed by atoms with Gasteiger partial charge in [0, 0.05) is 17.8 Å². The van der Waals surface area contributed by atoms with Crippen LogP contribution in [-0.2, 0) is 0 Å². The SMILES string of the molecule is NCC1(Nc2cccc(Cl)c2C(N)=O)CCCC1. The third-order valence-corrected chi connectivity index (χ3v) is 3.93. The molecule has 0 saturated heterocycles. The van der Waals surface area contributed by atoms with E-state index < -0.39 is 5.91 Å². The van der Waals surface area contributed by atoms with E-state index in [2.05, 4.69) is 5.32 Å². The van der Waals surface area contributed by atoms with E-state index in [-0.39, 0.29) is 5.54 Å². The normalized spacial score (nSPS) is 17.7. The van der Waals surface area contributed by atoms with Crippen molar-refractivity contribution in [2.24, 2.45) is 11.5 Å². The molecule has 0 bridgehead atoms. The summed E-state index contributed by atoms with van der Waals surface area (Å²) in [6.45, 7) is 0.539. The molecule has 0 aromatic heterocycles. The van der Waals surface area contributed by atoms with Crippen molar-refractivity contribution in [1.82, 2.24) is 0 Å². The van der Waals surface area contributed by atoms with Crippen molar-refractivity contribution >= 4 is 23.2 Å². The Morgan fingerprint density at radius 1 is 1.39 bits per heavy atom. The first-order valence-electron chi connectivity index (χ1n) is 6.14. The molecule has 5 N–H and O–H groups in total. The van der Waals surface area contributed by atoms with E-state index in [1.807, 2.05) is 6.07 Å². The van der Waals surface area contributed by atoms with Crippen molar-refractivity contribution in [2.75, 3.05) is 11.9 Å². The Morgan fingerprint density at radius 3 is 2.61 bits per heavy atom. The highest BCUT2D eigenvalue weighted by atomic mass is 35.5. The minimum Gasteiger partial charge on any atom is -0.378 e. The second-order valence-electron chi connectivity index (χ2n) is 4.84. The van der Waals surface area contributed by atoms with E-state index in [4.69, 9.17) is 23.1 Å². The van der Waals surface area contributed by atoms with Gasteiger partial charge in [-0.2, -0.15) is 0 Å². The van der Waals surface area contributed by atoms with Crippen LogP contribution in [0.2, 0.25) is 5.02 Å². The van der Waals surface area contributed by atoms with Crippen LogP contribution in [0.15, 0.2) is 18.2 Å². The van der Waals surface area contributed by atoms with E-state index >= 15 is 0 Å². The van der Waals surface area contributed by atoms with Gasteiger partial charge in [-0.25, -0.2) is 0 Å². The number of hydrogen-bond donors (Lipinski definition) is 3. The van der Waals surface area contributed by atoms with Gasteiger partial charge in [-0.3, -0.25) is 4.79 Å². The summed E-state index contributed by atoms with van der Waals surface area (Å²) in [6.07, 6.45) is 4.32. The summed E-state index contributed by atoms with van der Waals surface area (Å²) in [4.78, 5) is 11.5. The summed E-state index contributed by atoms with van der Waals surface area (Å²) in [6, 6.07) is 5.29. The molecule has 0 atom stereocenters. The number of primary amides is 1. The Morgan fingerprint density at radius 2 is 2.06 bits per heavy atom. The Hall–Kier alpha value is -1.26. The molecular formula is C13H18ClN3O. The molecule has 1 aromatic rings. The molecule has 0 unspecified atom stereocenters.